The number of allylic oxidation sites excluding steroid dienone is 3. The van der Waals surface area contributed by atoms with E-state index in [1.807, 2.05) is 12.1 Å². The molecule has 0 spiro atoms. The zero-order chi connectivity index (χ0) is 23.4. The summed E-state index contributed by atoms with van der Waals surface area (Å²) in [4.78, 5) is 23.2. The Morgan fingerprint density at radius 3 is 2.06 bits per heavy atom. The minimum atomic E-state index is -0.694. The van der Waals surface area contributed by atoms with Crippen LogP contribution in [0.3, 0.4) is 0 Å². The summed E-state index contributed by atoms with van der Waals surface area (Å²) < 4.78 is 38.7. The van der Waals surface area contributed by atoms with Gasteiger partial charge in [0.05, 0.1) is 0 Å². The second kappa shape index (κ2) is 9.56. The Hall–Kier alpha value is -3.80. The highest BCUT2D eigenvalue weighted by Crippen LogP contribution is 2.33. The van der Waals surface area contributed by atoms with Gasteiger partial charge in [-0.1, -0.05) is 43.5 Å². The molecule has 0 saturated carbocycles. The maximum Gasteiger partial charge on any atom is 0.338 e. The average Bonchev–Trinajstić information content (AvgIpc) is 2.76. The van der Waals surface area contributed by atoms with Crippen LogP contribution in [-0.4, -0.2) is 11.9 Å². The lowest BCUT2D eigenvalue weighted by molar-refractivity contribution is -0.135. The van der Waals surface area contributed by atoms with Gasteiger partial charge < -0.3 is 9.47 Å². The van der Waals surface area contributed by atoms with Crippen molar-refractivity contribution in [1.29, 1.82) is 0 Å². The van der Waals surface area contributed by atoms with Crippen molar-refractivity contribution in [3.05, 3.63) is 102 Å². The fourth-order valence-corrected chi connectivity index (χ4v) is 3.04. The van der Waals surface area contributed by atoms with Gasteiger partial charge in [-0.15, -0.1) is 0 Å². The van der Waals surface area contributed by atoms with Crippen molar-refractivity contribution in [3.8, 4) is 16.9 Å². The van der Waals surface area contributed by atoms with Gasteiger partial charge in [-0.3, -0.25) is 0 Å². The molecule has 1 aliphatic rings. The molecule has 2 aromatic carbocycles. The van der Waals surface area contributed by atoms with Crippen LogP contribution in [-0.2, 0) is 14.3 Å². The summed E-state index contributed by atoms with van der Waals surface area (Å²) in [5.74, 6) is -3.14. The van der Waals surface area contributed by atoms with Crippen molar-refractivity contribution >= 4 is 11.9 Å². The van der Waals surface area contributed by atoms with E-state index in [9.17, 15) is 18.4 Å². The van der Waals surface area contributed by atoms with Crippen molar-refractivity contribution in [2.45, 2.75) is 26.2 Å². The molecule has 2 aromatic rings. The number of benzene rings is 2. The molecule has 0 heterocycles. The smallest absolute Gasteiger partial charge is 0.338 e. The molecule has 3 rings (SSSR count). The third-order valence-electron chi connectivity index (χ3n) is 4.85. The SMILES string of the molecule is C=C(C)C(=O)OC1=CCC(c2ccc(-c3ccc(OC(=O)C(=C)C)c(F)c3)cc2)C=C1F. The molecule has 1 atom stereocenters. The lowest BCUT2D eigenvalue weighted by atomic mass is 9.90. The number of ether oxygens (including phenoxy) is 2. The zero-order valence-electron chi connectivity index (χ0n) is 17.8. The number of esters is 2. The minimum Gasteiger partial charge on any atom is -0.420 e. The minimum absolute atomic E-state index is 0.103. The summed E-state index contributed by atoms with van der Waals surface area (Å²) in [5.41, 5.74) is 2.57. The van der Waals surface area contributed by atoms with Crippen LogP contribution in [0.15, 0.2) is 90.5 Å². The van der Waals surface area contributed by atoms with Crippen LogP contribution in [0.25, 0.3) is 11.1 Å². The number of halogens is 2. The van der Waals surface area contributed by atoms with Crippen molar-refractivity contribution in [2.24, 2.45) is 0 Å². The summed E-state index contributed by atoms with van der Waals surface area (Å²) in [6, 6.07) is 11.6. The molecule has 164 valence electrons. The Balaban J connectivity index is 1.72. The third kappa shape index (κ3) is 5.27. The number of carbonyl (C=O) groups excluding carboxylic acids is 2. The van der Waals surface area contributed by atoms with Gasteiger partial charge in [0.25, 0.3) is 0 Å². The van der Waals surface area contributed by atoms with Crippen molar-refractivity contribution in [1.82, 2.24) is 0 Å². The van der Waals surface area contributed by atoms with Gasteiger partial charge in [0.15, 0.2) is 23.2 Å². The molecule has 32 heavy (non-hydrogen) atoms. The molecule has 0 aromatic heterocycles. The number of hydrogen-bond donors (Lipinski definition) is 0. The lowest BCUT2D eigenvalue weighted by Crippen LogP contribution is -2.09. The molecule has 0 N–H and O–H groups in total. The molecular formula is C26H22F2O4. The Morgan fingerprint density at radius 1 is 0.906 bits per heavy atom. The first-order valence-corrected chi connectivity index (χ1v) is 9.89. The molecule has 0 aliphatic heterocycles. The second-order valence-electron chi connectivity index (χ2n) is 7.53. The number of hydrogen-bond acceptors (Lipinski definition) is 4. The quantitative estimate of drug-likeness (QED) is 0.302. The lowest BCUT2D eigenvalue weighted by Gasteiger charge is -2.18. The van der Waals surface area contributed by atoms with E-state index in [1.165, 1.54) is 38.1 Å². The monoisotopic (exact) mass is 436 g/mol. The summed E-state index contributed by atoms with van der Waals surface area (Å²) in [7, 11) is 0. The van der Waals surface area contributed by atoms with E-state index in [0.717, 1.165) is 11.1 Å². The highest BCUT2D eigenvalue weighted by atomic mass is 19.1. The maximum atomic E-state index is 14.4. The Bertz CT molecular complexity index is 1160. The summed E-state index contributed by atoms with van der Waals surface area (Å²) in [6.45, 7) is 9.92. The average molecular weight is 436 g/mol. The van der Waals surface area contributed by atoms with Gasteiger partial charge in [-0.05, 0) is 61.2 Å². The largest absolute Gasteiger partial charge is 0.420 e. The highest BCUT2D eigenvalue weighted by molar-refractivity contribution is 5.89. The second-order valence-corrected chi connectivity index (χ2v) is 7.53. The summed E-state index contributed by atoms with van der Waals surface area (Å²) in [5, 5.41) is 0. The van der Waals surface area contributed by atoms with Crippen LogP contribution in [0.4, 0.5) is 8.78 Å². The normalized spacial score (nSPS) is 15.3. The molecule has 1 unspecified atom stereocenters. The molecule has 6 heteroatoms. The van der Waals surface area contributed by atoms with E-state index >= 15 is 0 Å². The maximum absolute atomic E-state index is 14.4. The van der Waals surface area contributed by atoms with Gasteiger partial charge in [0.2, 0.25) is 0 Å². The standard InChI is InChI=1S/C26H22F2O4/c1-15(2)25(29)31-23-11-9-19(13-21(23)27)17-5-7-18(8-6-17)20-10-12-24(22(28)14-20)32-26(30)16(3)4/h5-9,11-14,20H,1,3,10H2,2,4H3. The number of rotatable bonds is 6. The van der Waals surface area contributed by atoms with Crippen LogP contribution in [0.2, 0.25) is 0 Å². The van der Waals surface area contributed by atoms with Crippen LogP contribution >= 0.6 is 0 Å². The molecule has 4 nitrogen and oxygen atoms in total. The molecule has 0 fully saturated rings. The van der Waals surface area contributed by atoms with E-state index in [0.29, 0.717) is 12.0 Å². The van der Waals surface area contributed by atoms with Gasteiger partial charge in [-0.25, -0.2) is 18.4 Å². The van der Waals surface area contributed by atoms with E-state index in [2.05, 4.69) is 13.2 Å². The Kier molecular flexibility index (Phi) is 6.83. The first-order valence-electron chi connectivity index (χ1n) is 9.89. The highest BCUT2D eigenvalue weighted by Gasteiger charge is 2.21. The van der Waals surface area contributed by atoms with Gasteiger partial charge in [0, 0.05) is 17.1 Å². The van der Waals surface area contributed by atoms with Crippen molar-refractivity contribution in [2.75, 3.05) is 0 Å². The predicted octanol–water partition coefficient (Wildman–Crippen LogP) is 6.32. The molecular weight excluding hydrogens is 414 g/mol. The van der Waals surface area contributed by atoms with Crippen molar-refractivity contribution in [3.63, 3.8) is 0 Å². The van der Waals surface area contributed by atoms with Crippen molar-refractivity contribution < 1.29 is 27.8 Å². The molecule has 1 aliphatic carbocycles. The van der Waals surface area contributed by atoms with E-state index in [-0.39, 0.29) is 28.6 Å². The zero-order valence-corrected chi connectivity index (χ0v) is 17.8. The molecule has 0 amide bonds. The first kappa shape index (κ1) is 22.9. The Labute approximate surface area is 185 Å². The topological polar surface area (TPSA) is 52.6 Å². The van der Waals surface area contributed by atoms with Crippen LogP contribution in [0, 0.1) is 5.82 Å². The van der Waals surface area contributed by atoms with E-state index in [4.69, 9.17) is 9.47 Å². The van der Waals surface area contributed by atoms with Gasteiger partial charge in [-0.2, -0.15) is 0 Å². The third-order valence-corrected chi connectivity index (χ3v) is 4.85. The van der Waals surface area contributed by atoms with Gasteiger partial charge >= 0.3 is 11.9 Å². The fraction of sp³-hybridized carbons (Fsp3) is 0.154. The summed E-state index contributed by atoms with van der Waals surface area (Å²) in [6.07, 6.45) is 3.40. The molecule has 0 saturated heterocycles. The summed E-state index contributed by atoms with van der Waals surface area (Å²) >= 11 is 0. The first-order chi connectivity index (χ1) is 15.2. The van der Waals surface area contributed by atoms with Crippen LogP contribution < -0.4 is 4.74 Å². The van der Waals surface area contributed by atoms with Gasteiger partial charge in [0.1, 0.15) is 0 Å². The van der Waals surface area contributed by atoms with E-state index < -0.39 is 23.6 Å². The van der Waals surface area contributed by atoms with E-state index in [1.54, 1.807) is 18.2 Å². The predicted molar refractivity (Wildman–Crippen MR) is 118 cm³/mol. The Morgan fingerprint density at radius 2 is 1.50 bits per heavy atom. The number of carbonyl (C=O) groups is 2. The molecule has 0 radical (unpaired) electrons. The molecule has 0 bridgehead atoms. The van der Waals surface area contributed by atoms with Crippen LogP contribution in [0.5, 0.6) is 5.75 Å². The fourth-order valence-electron chi connectivity index (χ4n) is 3.04. The van der Waals surface area contributed by atoms with Crippen LogP contribution in [0.1, 0.15) is 31.7 Å².